The highest BCUT2D eigenvalue weighted by atomic mass is 35.5. The van der Waals surface area contributed by atoms with Gasteiger partial charge in [-0.3, -0.25) is 0 Å². The molecule has 0 amide bonds. The van der Waals surface area contributed by atoms with Crippen molar-refractivity contribution in [3.63, 3.8) is 0 Å². The van der Waals surface area contributed by atoms with Gasteiger partial charge in [-0.2, -0.15) is 0 Å². The maximum absolute atomic E-state index is 11.7. The van der Waals surface area contributed by atoms with Crippen molar-refractivity contribution in [2.24, 2.45) is 0 Å². The molecule has 0 spiro atoms. The van der Waals surface area contributed by atoms with Gasteiger partial charge in [0.2, 0.25) is 0 Å². The highest BCUT2D eigenvalue weighted by molar-refractivity contribution is 6.29. The zero-order valence-electron chi connectivity index (χ0n) is 9.60. The number of piperidine rings is 1. The van der Waals surface area contributed by atoms with Gasteiger partial charge >= 0.3 is 5.97 Å². The lowest BCUT2D eigenvalue weighted by molar-refractivity contribution is -0.142. The third-order valence-electron chi connectivity index (χ3n) is 2.89. The van der Waals surface area contributed by atoms with Gasteiger partial charge < -0.3 is 9.64 Å². The monoisotopic (exact) mass is 255 g/mol. The van der Waals surface area contributed by atoms with E-state index in [-0.39, 0.29) is 12.0 Å². The smallest absolute Gasteiger partial charge is 0.328 e. The lowest BCUT2D eigenvalue weighted by Gasteiger charge is -2.34. The molecule has 1 aliphatic rings. The van der Waals surface area contributed by atoms with Gasteiger partial charge in [0.05, 0.1) is 7.11 Å². The van der Waals surface area contributed by atoms with Crippen molar-refractivity contribution < 1.29 is 9.53 Å². The highest BCUT2D eigenvalue weighted by Gasteiger charge is 2.30. The molecule has 2 heterocycles. The molecular weight excluding hydrogens is 242 g/mol. The molecule has 6 heteroatoms. The van der Waals surface area contributed by atoms with Crippen molar-refractivity contribution in [3.05, 3.63) is 17.3 Å². The van der Waals surface area contributed by atoms with Crippen LogP contribution in [0, 0.1) is 0 Å². The second kappa shape index (κ2) is 5.31. The molecule has 1 aromatic rings. The Hall–Kier alpha value is -1.36. The van der Waals surface area contributed by atoms with Crippen molar-refractivity contribution in [3.8, 4) is 0 Å². The molecule has 0 saturated carbocycles. The Bertz CT molecular complexity index is 396. The Morgan fingerprint density at radius 1 is 1.47 bits per heavy atom. The lowest BCUT2D eigenvalue weighted by Crippen LogP contribution is -2.45. The number of methoxy groups -OCH3 is 1. The minimum atomic E-state index is -0.260. The number of rotatable bonds is 2. The van der Waals surface area contributed by atoms with Crippen LogP contribution in [0.1, 0.15) is 19.3 Å². The molecule has 1 aliphatic heterocycles. The molecule has 0 N–H and O–H groups in total. The quantitative estimate of drug-likeness (QED) is 0.753. The molecular formula is C11H14ClN3O2. The normalized spacial score (nSPS) is 20.1. The minimum Gasteiger partial charge on any atom is -0.467 e. The van der Waals surface area contributed by atoms with Crippen LogP contribution < -0.4 is 4.90 Å². The van der Waals surface area contributed by atoms with Gasteiger partial charge in [0.25, 0.3) is 0 Å². The van der Waals surface area contributed by atoms with Crippen molar-refractivity contribution in [1.82, 2.24) is 10.2 Å². The Morgan fingerprint density at radius 2 is 2.29 bits per heavy atom. The Kier molecular flexibility index (Phi) is 3.78. The predicted molar refractivity (Wildman–Crippen MR) is 64.0 cm³/mol. The molecule has 0 unspecified atom stereocenters. The Labute approximate surface area is 105 Å². The fraction of sp³-hybridized carbons (Fsp3) is 0.545. The van der Waals surface area contributed by atoms with Crippen molar-refractivity contribution >= 4 is 23.4 Å². The topological polar surface area (TPSA) is 55.3 Å². The van der Waals surface area contributed by atoms with Gasteiger partial charge in [-0.05, 0) is 31.4 Å². The summed E-state index contributed by atoms with van der Waals surface area (Å²) in [7, 11) is 1.41. The van der Waals surface area contributed by atoms with Gasteiger partial charge in [0.15, 0.2) is 11.0 Å². The number of carbonyl (C=O) groups is 1. The first-order valence-electron chi connectivity index (χ1n) is 5.56. The van der Waals surface area contributed by atoms with E-state index in [0.29, 0.717) is 11.0 Å². The first-order chi connectivity index (χ1) is 8.22. The van der Waals surface area contributed by atoms with E-state index in [1.165, 1.54) is 7.11 Å². The first-order valence-corrected chi connectivity index (χ1v) is 5.94. The number of nitrogens with zero attached hydrogens (tertiary/aromatic N) is 3. The molecule has 0 aliphatic carbocycles. The standard InChI is InChI=1S/C11H14ClN3O2/c1-17-11(16)8-4-2-3-7-15(8)10-6-5-9(12)13-14-10/h5-6,8H,2-4,7H2,1H3/t8-/m0/s1. The van der Waals surface area contributed by atoms with Crippen LogP contribution >= 0.6 is 11.6 Å². The summed E-state index contributed by atoms with van der Waals surface area (Å²) in [5.41, 5.74) is 0. The fourth-order valence-electron chi connectivity index (χ4n) is 2.05. The number of esters is 1. The molecule has 0 radical (unpaired) electrons. The Balaban J connectivity index is 2.21. The molecule has 5 nitrogen and oxygen atoms in total. The van der Waals surface area contributed by atoms with Crippen LogP contribution in [0.2, 0.25) is 5.15 Å². The maximum Gasteiger partial charge on any atom is 0.328 e. The van der Waals surface area contributed by atoms with Crippen LogP contribution in [0.15, 0.2) is 12.1 Å². The molecule has 1 fully saturated rings. The second-order valence-corrected chi connectivity index (χ2v) is 4.33. The average molecular weight is 256 g/mol. The maximum atomic E-state index is 11.7. The summed E-state index contributed by atoms with van der Waals surface area (Å²) in [5.74, 6) is 0.450. The average Bonchev–Trinajstić information content (AvgIpc) is 2.39. The summed E-state index contributed by atoms with van der Waals surface area (Å²) < 4.78 is 4.81. The van der Waals surface area contributed by atoms with Crippen molar-refractivity contribution in [2.75, 3.05) is 18.6 Å². The van der Waals surface area contributed by atoms with E-state index < -0.39 is 0 Å². The van der Waals surface area contributed by atoms with E-state index in [9.17, 15) is 4.79 Å². The van der Waals surface area contributed by atoms with E-state index in [4.69, 9.17) is 16.3 Å². The molecule has 1 atom stereocenters. The van der Waals surface area contributed by atoms with Gasteiger partial charge in [0.1, 0.15) is 6.04 Å². The van der Waals surface area contributed by atoms with E-state index in [2.05, 4.69) is 10.2 Å². The second-order valence-electron chi connectivity index (χ2n) is 3.94. The number of anilines is 1. The van der Waals surface area contributed by atoms with Crippen molar-refractivity contribution in [2.45, 2.75) is 25.3 Å². The predicted octanol–water partition coefficient (Wildman–Crippen LogP) is 1.66. The molecule has 1 saturated heterocycles. The number of ether oxygens (including phenoxy) is 1. The zero-order valence-corrected chi connectivity index (χ0v) is 10.4. The van der Waals surface area contributed by atoms with Crippen LogP contribution in [-0.2, 0) is 9.53 Å². The van der Waals surface area contributed by atoms with Gasteiger partial charge in [-0.1, -0.05) is 11.6 Å². The summed E-state index contributed by atoms with van der Waals surface area (Å²) in [6, 6.07) is 3.19. The Morgan fingerprint density at radius 3 is 2.94 bits per heavy atom. The summed E-state index contributed by atoms with van der Waals surface area (Å²) >= 11 is 5.69. The molecule has 0 aromatic carbocycles. The summed E-state index contributed by atoms with van der Waals surface area (Å²) in [6.45, 7) is 0.788. The third kappa shape index (κ3) is 2.66. The van der Waals surface area contributed by atoms with Crippen LogP contribution in [0.4, 0.5) is 5.82 Å². The number of aromatic nitrogens is 2. The largest absolute Gasteiger partial charge is 0.467 e. The molecule has 0 bridgehead atoms. The molecule has 92 valence electrons. The first kappa shape index (κ1) is 12.1. The van der Waals surface area contributed by atoms with Crippen molar-refractivity contribution in [1.29, 1.82) is 0 Å². The van der Waals surface area contributed by atoms with Crippen LogP contribution in [0.25, 0.3) is 0 Å². The van der Waals surface area contributed by atoms with Crippen LogP contribution in [-0.4, -0.2) is 35.9 Å². The lowest BCUT2D eigenvalue weighted by atomic mass is 10.0. The van der Waals surface area contributed by atoms with Crippen LogP contribution in [0.3, 0.4) is 0 Å². The molecule has 2 rings (SSSR count). The van der Waals surface area contributed by atoms with Gasteiger partial charge in [-0.15, -0.1) is 10.2 Å². The van der Waals surface area contributed by atoms with E-state index in [1.807, 2.05) is 4.90 Å². The number of halogens is 1. The fourth-order valence-corrected chi connectivity index (χ4v) is 2.15. The number of hydrogen-bond donors (Lipinski definition) is 0. The summed E-state index contributed by atoms with van der Waals surface area (Å²) in [4.78, 5) is 13.6. The van der Waals surface area contributed by atoms with E-state index in [1.54, 1.807) is 12.1 Å². The summed E-state index contributed by atoms with van der Waals surface area (Å²) in [5, 5.41) is 8.15. The van der Waals surface area contributed by atoms with E-state index >= 15 is 0 Å². The van der Waals surface area contributed by atoms with Gasteiger partial charge in [0, 0.05) is 6.54 Å². The summed E-state index contributed by atoms with van der Waals surface area (Å²) in [6.07, 6.45) is 2.85. The zero-order chi connectivity index (χ0) is 12.3. The molecule has 17 heavy (non-hydrogen) atoms. The number of carbonyl (C=O) groups excluding carboxylic acids is 1. The van der Waals surface area contributed by atoms with Crippen LogP contribution in [0.5, 0.6) is 0 Å². The van der Waals surface area contributed by atoms with E-state index in [0.717, 1.165) is 25.8 Å². The van der Waals surface area contributed by atoms with Gasteiger partial charge in [-0.25, -0.2) is 4.79 Å². The third-order valence-corrected chi connectivity index (χ3v) is 3.09. The molecule has 1 aromatic heterocycles. The highest BCUT2D eigenvalue weighted by Crippen LogP contribution is 2.23. The minimum absolute atomic E-state index is 0.221. The SMILES string of the molecule is COC(=O)[C@@H]1CCCCN1c1ccc(Cl)nn1. The number of hydrogen-bond acceptors (Lipinski definition) is 5.